The SMILES string of the molecule is Cc1cccc2c1-c1cc(c(F)c(C3CC3)c1)CNC(=O)C(n1ccc(C(F)(F)F)cc1=O)c1cc(ccc1Cl)CO2. The highest BCUT2D eigenvalue weighted by Crippen LogP contribution is 2.45. The van der Waals surface area contributed by atoms with Crippen molar-refractivity contribution < 1.29 is 27.1 Å². The van der Waals surface area contributed by atoms with Crippen molar-refractivity contribution in [1.29, 1.82) is 0 Å². The lowest BCUT2D eigenvalue weighted by Crippen LogP contribution is -2.38. The van der Waals surface area contributed by atoms with Crippen molar-refractivity contribution in [1.82, 2.24) is 9.88 Å². The Morgan fingerprint density at radius 3 is 2.50 bits per heavy atom. The molecule has 1 aliphatic carbocycles. The minimum Gasteiger partial charge on any atom is -0.488 e. The fourth-order valence-corrected chi connectivity index (χ4v) is 5.65. The van der Waals surface area contributed by atoms with Crippen LogP contribution in [0.5, 0.6) is 5.75 Å². The van der Waals surface area contributed by atoms with Gasteiger partial charge in [0.1, 0.15) is 24.2 Å². The second kappa shape index (κ2) is 10.6. The summed E-state index contributed by atoms with van der Waals surface area (Å²) < 4.78 is 62.8. The van der Waals surface area contributed by atoms with Crippen molar-refractivity contribution in [3.63, 3.8) is 0 Å². The lowest BCUT2D eigenvalue weighted by Gasteiger charge is -2.23. The molecule has 1 aromatic heterocycles. The van der Waals surface area contributed by atoms with E-state index in [1.165, 1.54) is 6.07 Å². The molecule has 1 fully saturated rings. The maximum atomic E-state index is 15.8. The number of rotatable bonds is 2. The Balaban J connectivity index is 1.52. The topological polar surface area (TPSA) is 60.3 Å². The molecule has 4 bridgehead atoms. The van der Waals surface area contributed by atoms with E-state index < -0.39 is 35.1 Å². The molecule has 4 aromatic rings. The second-order valence-electron chi connectivity index (χ2n) is 10.7. The average Bonchev–Trinajstić information content (AvgIpc) is 3.78. The fourth-order valence-electron chi connectivity index (χ4n) is 5.43. The highest BCUT2D eigenvalue weighted by molar-refractivity contribution is 6.31. The number of fused-ring (bicyclic) bond motifs is 6. The minimum atomic E-state index is -4.74. The molecule has 10 heteroatoms. The normalized spacial score (nSPS) is 17.1. The summed E-state index contributed by atoms with van der Waals surface area (Å²) in [6.45, 7) is 1.80. The van der Waals surface area contributed by atoms with Gasteiger partial charge in [-0.1, -0.05) is 29.8 Å². The van der Waals surface area contributed by atoms with Gasteiger partial charge in [-0.25, -0.2) is 4.39 Å². The van der Waals surface area contributed by atoms with Gasteiger partial charge in [-0.3, -0.25) is 14.2 Å². The maximum Gasteiger partial charge on any atom is 0.416 e. The molecule has 1 N–H and O–H groups in total. The summed E-state index contributed by atoms with van der Waals surface area (Å²) in [5.41, 5.74) is 1.92. The van der Waals surface area contributed by atoms with Crippen LogP contribution in [-0.2, 0) is 24.1 Å². The first kappa shape index (κ1) is 28.0. The van der Waals surface area contributed by atoms with Gasteiger partial charge in [-0.15, -0.1) is 0 Å². The molecule has 1 amide bonds. The maximum absolute atomic E-state index is 15.8. The summed E-state index contributed by atoms with van der Waals surface area (Å²) >= 11 is 6.52. The first-order valence-corrected chi connectivity index (χ1v) is 13.8. The van der Waals surface area contributed by atoms with Gasteiger partial charge in [-0.2, -0.15) is 13.2 Å². The Morgan fingerprint density at radius 1 is 1.00 bits per heavy atom. The molecule has 1 saturated carbocycles. The van der Waals surface area contributed by atoms with Crippen LogP contribution in [0.2, 0.25) is 5.02 Å². The number of halogens is 5. The van der Waals surface area contributed by atoms with Gasteiger partial charge < -0.3 is 10.1 Å². The molecule has 2 heterocycles. The third-order valence-electron chi connectivity index (χ3n) is 7.72. The average molecular weight is 597 g/mol. The van der Waals surface area contributed by atoms with Crippen molar-refractivity contribution in [3.8, 4) is 16.9 Å². The second-order valence-corrected chi connectivity index (χ2v) is 11.1. The summed E-state index contributed by atoms with van der Waals surface area (Å²) in [6.07, 6.45) is -2.11. The lowest BCUT2D eigenvalue weighted by atomic mass is 9.93. The van der Waals surface area contributed by atoms with Gasteiger partial charge in [0.15, 0.2) is 0 Å². The van der Waals surface area contributed by atoms with Crippen molar-refractivity contribution in [2.75, 3.05) is 0 Å². The number of hydrogen-bond donors (Lipinski definition) is 1. The van der Waals surface area contributed by atoms with Crippen LogP contribution in [0.4, 0.5) is 17.6 Å². The van der Waals surface area contributed by atoms with Crippen LogP contribution < -0.4 is 15.6 Å². The van der Waals surface area contributed by atoms with Crippen LogP contribution in [-0.4, -0.2) is 10.5 Å². The zero-order chi connectivity index (χ0) is 29.8. The van der Waals surface area contributed by atoms with E-state index in [-0.39, 0.29) is 35.2 Å². The van der Waals surface area contributed by atoms with Gasteiger partial charge in [0.25, 0.3) is 5.56 Å². The third-order valence-corrected chi connectivity index (χ3v) is 8.07. The smallest absolute Gasteiger partial charge is 0.416 e. The molecule has 2 aliphatic rings. The van der Waals surface area contributed by atoms with E-state index in [2.05, 4.69) is 5.32 Å². The molecule has 216 valence electrons. The van der Waals surface area contributed by atoms with Gasteiger partial charge in [0, 0.05) is 40.5 Å². The van der Waals surface area contributed by atoms with Crippen LogP contribution in [0.15, 0.2) is 71.7 Å². The molecule has 42 heavy (non-hydrogen) atoms. The van der Waals surface area contributed by atoms with E-state index >= 15 is 4.39 Å². The first-order valence-electron chi connectivity index (χ1n) is 13.4. The Hall–Kier alpha value is -4.11. The predicted molar refractivity (Wildman–Crippen MR) is 150 cm³/mol. The van der Waals surface area contributed by atoms with E-state index in [4.69, 9.17) is 16.3 Å². The molecule has 3 aromatic carbocycles. The molecule has 1 aliphatic heterocycles. The number of pyridine rings is 1. The molecule has 0 radical (unpaired) electrons. The Kier molecular flexibility index (Phi) is 7.09. The highest BCUT2D eigenvalue weighted by atomic mass is 35.5. The standard InChI is InChI=1S/C32H25ClF4N2O3/c1-17-3-2-4-26-28(17)20-12-21(29(34)23(13-20)19-6-7-19)15-38-31(41)30(24-11-18(16-42-26)5-8-25(24)33)39-10-9-22(14-27(39)40)32(35,36)37/h2-5,8-14,19,30H,6-7,15-16H2,1H3,(H,38,41). The first-order chi connectivity index (χ1) is 20.0. The van der Waals surface area contributed by atoms with E-state index in [0.29, 0.717) is 22.9 Å². The number of nitrogens with one attached hydrogen (secondary N) is 1. The molecule has 1 atom stereocenters. The van der Waals surface area contributed by atoms with E-state index in [9.17, 15) is 22.8 Å². The van der Waals surface area contributed by atoms with E-state index in [1.54, 1.807) is 18.2 Å². The number of carbonyl (C=O) groups is 1. The van der Waals surface area contributed by atoms with E-state index in [0.717, 1.165) is 46.4 Å². The molecular weight excluding hydrogens is 572 g/mol. The summed E-state index contributed by atoms with van der Waals surface area (Å²) in [6, 6.07) is 13.7. The van der Waals surface area contributed by atoms with Gasteiger partial charge in [0.05, 0.1) is 5.56 Å². The zero-order valence-electron chi connectivity index (χ0n) is 22.4. The number of aromatic nitrogens is 1. The Bertz CT molecular complexity index is 1780. The van der Waals surface area contributed by atoms with Crippen LogP contribution in [0.25, 0.3) is 11.1 Å². The number of ether oxygens (including phenoxy) is 1. The highest BCUT2D eigenvalue weighted by Gasteiger charge is 2.34. The fraction of sp³-hybridized carbons (Fsp3) is 0.250. The summed E-state index contributed by atoms with van der Waals surface area (Å²) in [5.74, 6) is -0.498. The number of benzene rings is 3. The monoisotopic (exact) mass is 596 g/mol. The van der Waals surface area contributed by atoms with Crippen LogP contribution in [0.1, 0.15) is 58.2 Å². The third kappa shape index (κ3) is 5.29. The summed E-state index contributed by atoms with van der Waals surface area (Å²) in [7, 11) is 0. The van der Waals surface area contributed by atoms with Crippen molar-refractivity contribution in [2.24, 2.45) is 0 Å². The largest absolute Gasteiger partial charge is 0.488 e. The van der Waals surface area contributed by atoms with Gasteiger partial charge >= 0.3 is 6.18 Å². The number of aryl methyl sites for hydroxylation is 1. The Labute approximate surface area is 243 Å². The number of hydrogen-bond acceptors (Lipinski definition) is 3. The molecule has 6 rings (SSSR count). The molecule has 0 spiro atoms. The number of amides is 1. The Morgan fingerprint density at radius 2 is 1.79 bits per heavy atom. The minimum absolute atomic E-state index is 0.0698. The van der Waals surface area contributed by atoms with Gasteiger partial charge in [0.2, 0.25) is 5.91 Å². The molecule has 1 unspecified atom stereocenters. The van der Waals surface area contributed by atoms with Crippen LogP contribution >= 0.6 is 11.6 Å². The van der Waals surface area contributed by atoms with Crippen LogP contribution in [0, 0.1) is 12.7 Å². The van der Waals surface area contributed by atoms with Crippen LogP contribution in [0.3, 0.4) is 0 Å². The molecule has 0 saturated heterocycles. The number of carbonyl (C=O) groups excluding carboxylic acids is 1. The number of nitrogens with zero attached hydrogens (tertiary/aromatic N) is 1. The summed E-state index contributed by atoms with van der Waals surface area (Å²) in [5, 5.41) is 2.84. The quantitative estimate of drug-likeness (QED) is 0.247. The van der Waals surface area contributed by atoms with Crippen molar-refractivity contribution in [2.45, 2.75) is 51.1 Å². The predicted octanol–water partition coefficient (Wildman–Crippen LogP) is 7.31. The molecule has 5 nitrogen and oxygen atoms in total. The number of alkyl halides is 3. The molecular formula is C32H25ClF4N2O3. The zero-order valence-corrected chi connectivity index (χ0v) is 23.2. The van der Waals surface area contributed by atoms with Gasteiger partial charge in [-0.05, 0) is 84.3 Å². The lowest BCUT2D eigenvalue weighted by molar-refractivity contribution is -0.137. The van der Waals surface area contributed by atoms with Crippen molar-refractivity contribution >= 4 is 17.5 Å². The van der Waals surface area contributed by atoms with Crippen molar-refractivity contribution in [3.05, 3.63) is 121 Å². The summed E-state index contributed by atoms with van der Waals surface area (Å²) in [4.78, 5) is 26.7. The van der Waals surface area contributed by atoms with E-state index in [1.807, 2.05) is 31.2 Å².